The molecule has 0 spiro atoms. The lowest BCUT2D eigenvalue weighted by Gasteiger charge is -2.14. The number of unbranched alkanes of at least 4 members (excludes halogenated alkanes) is 3. The van der Waals surface area contributed by atoms with Gasteiger partial charge in [-0.25, -0.2) is 4.98 Å². The predicted octanol–water partition coefficient (Wildman–Crippen LogP) is 3.98. The maximum absolute atomic E-state index is 12.6. The van der Waals surface area contributed by atoms with Crippen molar-refractivity contribution >= 4 is 28.6 Å². The third-order valence-corrected chi connectivity index (χ3v) is 5.35. The number of carbonyl (C=O) groups excluding carboxylic acids is 1. The molecule has 26 heavy (non-hydrogen) atoms. The van der Waals surface area contributed by atoms with Crippen molar-refractivity contribution in [2.24, 2.45) is 0 Å². The molecule has 1 aromatic heterocycles. The van der Waals surface area contributed by atoms with Crippen LogP contribution in [0.2, 0.25) is 0 Å². The van der Waals surface area contributed by atoms with Gasteiger partial charge in [-0.1, -0.05) is 56.5 Å². The van der Waals surface area contributed by atoms with Crippen LogP contribution in [-0.4, -0.2) is 27.3 Å². The van der Waals surface area contributed by atoms with Crippen molar-refractivity contribution in [3.63, 3.8) is 0 Å². The molecule has 0 radical (unpaired) electrons. The van der Waals surface area contributed by atoms with E-state index in [1.54, 1.807) is 10.6 Å². The van der Waals surface area contributed by atoms with Gasteiger partial charge in [0, 0.05) is 12.6 Å². The van der Waals surface area contributed by atoms with Crippen LogP contribution in [0.5, 0.6) is 0 Å². The monoisotopic (exact) mass is 375 g/mol. The molecular formula is C20H29N3O2S. The molecule has 0 unspecified atom stereocenters. The summed E-state index contributed by atoms with van der Waals surface area (Å²) in [5.74, 6) is 0.257. The van der Waals surface area contributed by atoms with E-state index in [-0.39, 0.29) is 23.3 Å². The zero-order valence-corrected chi connectivity index (χ0v) is 16.8. The molecule has 0 aliphatic heterocycles. The first-order chi connectivity index (χ1) is 12.6. The fraction of sp³-hybridized carbons (Fsp3) is 0.550. The molecule has 1 aromatic carbocycles. The highest BCUT2D eigenvalue weighted by atomic mass is 32.2. The number of aromatic nitrogens is 2. The maximum Gasteiger partial charge on any atom is 0.262 e. The zero-order valence-electron chi connectivity index (χ0n) is 16.0. The van der Waals surface area contributed by atoms with Crippen LogP contribution in [0.1, 0.15) is 52.9 Å². The molecule has 142 valence electrons. The van der Waals surface area contributed by atoms with E-state index in [1.807, 2.05) is 32.0 Å². The van der Waals surface area contributed by atoms with E-state index in [1.165, 1.54) is 31.0 Å². The molecule has 6 heteroatoms. The average Bonchev–Trinajstić information content (AvgIpc) is 2.64. The second kappa shape index (κ2) is 10.4. The van der Waals surface area contributed by atoms with Crippen LogP contribution in [0.15, 0.2) is 34.2 Å². The molecule has 0 saturated heterocycles. The molecule has 1 N–H and O–H groups in total. The van der Waals surface area contributed by atoms with Gasteiger partial charge in [0.05, 0.1) is 16.7 Å². The topological polar surface area (TPSA) is 64.0 Å². The van der Waals surface area contributed by atoms with Gasteiger partial charge in [-0.3, -0.25) is 14.2 Å². The van der Waals surface area contributed by atoms with E-state index in [0.717, 1.165) is 12.8 Å². The normalized spacial score (nSPS) is 12.3. The second-order valence-electron chi connectivity index (χ2n) is 6.57. The Labute approximate surface area is 159 Å². The Morgan fingerprint density at radius 3 is 2.73 bits per heavy atom. The van der Waals surface area contributed by atoms with E-state index in [9.17, 15) is 9.59 Å². The Morgan fingerprint density at radius 1 is 1.23 bits per heavy atom. The summed E-state index contributed by atoms with van der Waals surface area (Å²) in [7, 11) is 0. The quantitative estimate of drug-likeness (QED) is 0.387. The van der Waals surface area contributed by atoms with Crippen LogP contribution >= 0.6 is 11.8 Å². The van der Waals surface area contributed by atoms with Crippen molar-refractivity contribution in [1.29, 1.82) is 0 Å². The molecule has 0 bridgehead atoms. The van der Waals surface area contributed by atoms with Gasteiger partial charge in [-0.2, -0.15) is 0 Å². The highest BCUT2D eigenvalue weighted by Gasteiger charge is 2.13. The highest BCUT2D eigenvalue weighted by Crippen LogP contribution is 2.17. The summed E-state index contributed by atoms with van der Waals surface area (Å²) < 4.78 is 1.63. The van der Waals surface area contributed by atoms with Gasteiger partial charge in [0.1, 0.15) is 0 Å². The molecule has 0 aliphatic carbocycles. The van der Waals surface area contributed by atoms with E-state index < -0.39 is 0 Å². The van der Waals surface area contributed by atoms with Gasteiger partial charge in [-0.15, -0.1) is 0 Å². The fourth-order valence-corrected chi connectivity index (χ4v) is 3.81. The standard InChI is InChI=1S/C20H29N3O2S/c1-4-6-7-8-11-15(3)21-18(24)14-26-20-22-17-13-10-9-12-16(17)19(25)23(20)5-2/h9-10,12-13,15H,4-8,11,14H2,1-3H3,(H,21,24)/t15-/m0/s1. The van der Waals surface area contributed by atoms with Crippen LogP contribution in [0.3, 0.4) is 0 Å². The molecular weight excluding hydrogens is 346 g/mol. The highest BCUT2D eigenvalue weighted by molar-refractivity contribution is 7.99. The number of rotatable bonds is 10. The second-order valence-corrected chi connectivity index (χ2v) is 7.51. The molecule has 0 fully saturated rings. The van der Waals surface area contributed by atoms with Gasteiger partial charge in [0.2, 0.25) is 5.91 Å². The van der Waals surface area contributed by atoms with Gasteiger partial charge < -0.3 is 5.32 Å². The molecule has 0 aliphatic rings. The molecule has 1 heterocycles. The zero-order chi connectivity index (χ0) is 18.9. The lowest BCUT2D eigenvalue weighted by atomic mass is 10.1. The van der Waals surface area contributed by atoms with Crippen LogP contribution in [0.25, 0.3) is 10.9 Å². The Bertz CT molecular complexity index is 788. The molecule has 0 saturated carbocycles. The summed E-state index contributed by atoms with van der Waals surface area (Å²) in [6, 6.07) is 7.51. The minimum atomic E-state index is -0.0506. The van der Waals surface area contributed by atoms with E-state index >= 15 is 0 Å². The fourth-order valence-electron chi connectivity index (χ4n) is 2.93. The Morgan fingerprint density at radius 2 is 2.00 bits per heavy atom. The van der Waals surface area contributed by atoms with Crippen molar-refractivity contribution in [2.75, 3.05) is 5.75 Å². The Hall–Kier alpha value is -1.82. The smallest absolute Gasteiger partial charge is 0.262 e. The number of nitrogens with one attached hydrogen (secondary N) is 1. The van der Waals surface area contributed by atoms with E-state index in [2.05, 4.69) is 17.2 Å². The van der Waals surface area contributed by atoms with Crippen molar-refractivity contribution < 1.29 is 4.79 Å². The lowest BCUT2D eigenvalue weighted by Crippen LogP contribution is -2.34. The summed E-state index contributed by atoms with van der Waals surface area (Å²) in [6.45, 7) is 6.69. The Kier molecular flexibility index (Phi) is 8.16. The first kappa shape index (κ1) is 20.5. The number of fused-ring (bicyclic) bond motifs is 1. The number of hydrogen-bond acceptors (Lipinski definition) is 4. The number of benzene rings is 1. The first-order valence-corrected chi connectivity index (χ1v) is 10.5. The van der Waals surface area contributed by atoms with Gasteiger partial charge >= 0.3 is 0 Å². The number of amides is 1. The van der Waals surface area contributed by atoms with E-state index in [0.29, 0.717) is 22.6 Å². The Balaban J connectivity index is 1.96. The minimum absolute atomic E-state index is 0.0111. The maximum atomic E-state index is 12.6. The number of thioether (sulfide) groups is 1. The van der Waals surface area contributed by atoms with Gasteiger partial charge in [-0.05, 0) is 32.4 Å². The molecule has 1 atom stereocenters. The van der Waals surface area contributed by atoms with Crippen LogP contribution in [0.4, 0.5) is 0 Å². The first-order valence-electron chi connectivity index (χ1n) is 9.48. The number of carbonyl (C=O) groups is 1. The number of para-hydroxylation sites is 1. The third-order valence-electron chi connectivity index (χ3n) is 4.37. The van der Waals surface area contributed by atoms with Crippen molar-refractivity contribution in [3.05, 3.63) is 34.6 Å². The summed E-state index contributed by atoms with van der Waals surface area (Å²) in [4.78, 5) is 29.4. The van der Waals surface area contributed by atoms with Gasteiger partial charge in [0.15, 0.2) is 5.16 Å². The molecule has 1 amide bonds. The van der Waals surface area contributed by atoms with Crippen LogP contribution in [0, 0.1) is 0 Å². The lowest BCUT2D eigenvalue weighted by molar-refractivity contribution is -0.119. The summed E-state index contributed by atoms with van der Waals surface area (Å²) in [6.07, 6.45) is 5.83. The number of nitrogens with zero attached hydrogens (tertiary/aromatic N) is 2. The SMILES string of the molecule is CCCCCC[C@H](C)NC(=O)CSc1nc2ccccc2c(=O)n1CC. The largest absolute Gasteiger partial charge is 0.353 e. The van der Waals surface area contributed by atoms with Crippen LogP contribution < -0.4 is 10.9 Å². The number of hydrogen-bond donors (Lipinski definition) is 1. The predicted molar refractivity (Wildman–Crippen MR) is 109 cm³/mol. The third kappa shape index (κ3) is 5.59. The average molecular weight is 376 g/mol. The van der Waals surface area contributed by atoms with Crippen molar-refractivity contribution in [3.8, 4) is 0 Å². The van der Waals surface area contributed by atoms with Crippen molar-refractivity contribution in [1.82, 2.24) is 14.9 Å². The van der Waals surface area contributed by atoms with Crippen molar-refractivity contribution in [2.45, 2.75) is 70.6 Å². The molecule has 2 aromatic rings. The van der Waals surface area contributed by atoms with Gasteiger partial charge in [0.25, 0.3) is 5.56 Å². The summed E-state index contributed by atoms with van der Waals surface area (Å²) in [5, 5.41) is 4.26. The summed E-state index contributed by atoms with van der Waals surface area (Å²) in [5.41, 5.74) is 0.625. The minimum Gasteiger partial charge on any atom is -0.353 e. The summed E-state index contributed by atoms with van der Waals surface area (Å²) >= 11 is 1.32. The molecule has 5 nitrogen and oxygen atoms in total. The van der Waals surface area contributed by atoms with E-state index in [4.69, 9.17) is 0 Å². The molecule has 2 rings (SSSR count). The van der Waals surface area contributed by atoms with Crippen LogP contribution in [-0.2, 0) is 11.3 Å².